The topological polar surface area (TPSA) is 35.0 Å². The summed E-state index contributed by atoms with van der Waals surface area (Å²) in [6, 6.07) is 34.2. The normalized spacial score (nSPS) is 25.1. The zero-order chi connectivity index (χ0) is 25.3. The summed E-state index contributed by atoms with van der Waals surface area (Å²) < 4.78 is 6.67. The standard InChI is InChI=1S/C35H30N2O/c1-22-19-23-15-17-26(20-23)35(22)28-12-6-8-14-31(28)38-32-21-25(16-18-29(32)35)34-36-30-13-7-5-11-27(30)33(37-34)24-9-3-2-4-10-24/h2-14,16,18,21-23,26H,15,17,19-20H2,1H3/t22-,23+,26+,35?/m1/s1. The van der Waals surface area contributed by atoms with Crippen LogP contribution in [0.3, 0.4) is 0 Å². The van der Waals surface area contributed by atoms with E-state index < -0.39 is 0 Å². The molecule has 1 spiro atoms. The zero-order valence-electron chi connectivity index (χ0n) is 21.6. The highest BCUT2D eigenvalue weighted by Gasteiger charge is 2.56. The molecule has 0 radical (unpaired) electrons. The Balaban J connectivity index is 1.32. The summed E-state index contributed by atoms with van der Waals surface area (Å²) in [5.74, 6) is 4.83. The van der Waals surface area contributed by atoms with Crippen molar-refractivity contribution < 1.29 is 4.74 Å². The van der Waals surface area contributed by atoms with Gasteiger partial charge in [-0.25, -0.2) is 9.97 Å². The molecule has 1 unspecified atom stereocenters. The molecule has 1 aromatic heterocycles. The Morgan fingerprint density at radius 3 is 2.42 bits per heavy atom. The summed E-state index contributed by atoms with van der Waals surface area (Å²) in [6.07, 6.45) is 5.29. The van der Waals surface area contributed by atoms with E-state index in [2.05, 4.69) is 91.9 Å². The Bertz CT molecular complexity index is 1690. The lowest BCUT2D eigenvalue weighted by atomic mass is 9.54. The molecule has 3 aliphatic rings. The molecule has 8 rings (SSSR count). The number of para-hydroxylation sites is 2. The minimum atomic E-state index is 0.00907. The van der Waals surface area contributed by atoms with Gasteiger partial charge in [-0.05, 0) is 55.2 Å². The van der Waals surface area contributed by atoms with Gasteiger partial charge >= 0.3 is 0 Å². The molecule has 1 aliphatic heterocycles. The van der Waals surface area contributed by atoms with Gasteiger partial charge < -0.3 is 4.74 Å². The van der Waals surface area contributed by atoms with Crippen LogP contribution >= 0.6 is 0 Å². The zero-order valence-corrected chi connectivity index (χ0v) is 21.6. The number of hydrogen-bond donors (Lipinski definition) is 0. The third-order valence-electron chi connectivity index (χ3n) is 9.54. The summed E-state index contributed by atoms with van der Waals surface area (Å²) in [4.78, 5) is 10.1. The SMILES string of the molecule is C[C@@H]1C[C@@H]2CC[C@@H](C2)C12c1ccccc1Oc1cc(-c3nc(-c4ccccc4)c4ccccc4n3)ccc12. The van der Waals surface area contributed by atoms with Crippen molar-refractivity contribution in [1.82, 2.24) is 9.97 Å². The van der Waals surface area contributed by atoms with Crippen molar-refractivity contribution in [1.29, 1.82) is 0 Å². The Hall–Kier alpha value is -3.98. The van der Waals surface area contributed by atoms with Gasteiger partial charge in [-0.1, -0.05) is 92.2 Å². The predicted octanol–water partition coefficient (Wildman–Crippen LogP) is 8.81. The van der Waals surface area contributed by atoms with Crippen molar-refractivity contribution >= 4 is 10.9 Å². The van der Waals surface area contributed by atoms with Crippen molar-refractivity contribution in [3.8, 4) is 34.1 Å². The molecule has 4 aromatic carbocycles. The van der Waals surface area contributed by atoms with Crippen LogP contribution in [0.1, 0.15) is 43.7 Å². The van der Waals surface area contributed by atoms with E-state index in [4.69, 9.17) is 14.7 Å². The molecule has 0 N–H and O–H groups in total. The Morgan fingerprint density at radius 2 is 1.50 bits per heavy atom. The second-order valence-corrected chi connectivity index (χ2v) is 11.5. The van der Waals surface area contributed by atoms with E-state index in [9.17, 15) is 0 Å². The third kappa shape index (κ3) is 3.08. The maximum absolute atomic E-state index is 6.67. The molecule has 0 amide bonds. The molecule has 2 bridgehead atoms. The molecule has 2 aliphatic carbocycles. The lowest BCUT2D eigenvalue weighted by Crippen LogP contribution is -2.46. The largest absolute Gasteiger partial charge is 0.457 e. The Kier molecular flexibility index (Phi) is 4.79. The summed E-state index contributed by atoms with van der Waals surface area (Å²) >= 11 is 0. The molecular weight excluding hydrogens is 464 g/mol. The molecule has 4 atom stereocenters. The molecule has 3 heteroatoms. The van der Waals surface area contributed by atoms with E-state index in [-0.39, 0.29) is 5.41 Å². The summed E-state index contributed by atoms with van der Waals surface area (Å²) in [7, 11) is 0. The number of aromatic nitrogens is 2. The van der Waals surface area contributed by atoms with Gasteiger partial charge in [0.2, 0.25) is 0 Å². The van der Waals surface area contributed by atoms with Crippen LogP contribution < -0.4 is 4.74 Å². The smallest absolute Gasteiger partial charge is 0.160 e. The first kappa shape index (κ1) is 22.0. The van der Waals surface area contributed by atoms with Crippen LogP contribution in [0, 0.1) is 17.8 Å². The summed E-state index contributed by atoms with van der Waals surface area (Å²) in [5.41, 5.74) is 6.75. The van der Waals surface area contributed by atoms with Crippen LogP contribution in [0.2, 0.25) is 0 Å². The quantitative estimate of drug-likeness (QED) is 0.246. The molecule has 3 nitrogen and oxygen atoms in total. The van der Waals surface area contributed by atoms with E-state index in [0.717, 1.165) is 51.0 Å². The molecular formula is C35H30N2O. The van der Waals surface area contributed by atoms with E-state index in [0.29, 0.717) is 11.8 Å². The number of ether oxygens (including phenoxy) is 1. The van der Waals surface area contributed by atoms with Gasteiger partial charge in [0.05, 0.1) is 11.2 Å². The van der Waals surface area contributed by atoms with E-state index in [1.165, 1.54) is 36.8 Å². The van der Waals surface area contributed by atoms with Gasteiger partial charge in [0.15, 0.2) is 5.82 Å². The van der Waals surface area contributed by atoms with Crippen molar-refractivity contribution in [3.63, 3.8) is 0 Å². The average molecular weight is 495 g/mol. The first-order chi connectivity index (χ1) is 18.7. The van der Waals surface area contributed by atoms with E-state index in [1.54, 1.807) is 0 Å². The fourth-order valence-electron chi connectivity index (χ4n) is 8.03. The van der Waals surface area contributed by atoms with Crippen molar-refractivity contribution in [2.24, 2.45) is 17.8 Å². The van der Waals surface area contributed by atoms with Gasteiger partial charge in [-0.3, -0.25) is 0 Å². The number of hydrogen-bond acceptors (Lipinski definition) is 3. The van der Waals surface area contributed by atoms with Crippen LogP contribution in [-0.2, 0) is 5.41 Å². The van der Waals surface area contributed by atoms with Crippen LogP contribution in [0.5, 0.6) is 11.5 Å². The van der Waals surface area contributed by atoms with Crippen LogP contribution in [0.4, 0.5) is 0 Å². The van der Waals surface area contributed by atoms with Gasteiger partial charge in [-0.2, -0.15) is 0 Å². The van der Waals surface area contributed by atoms with Crippen LogP contribution in [0.15, 0.2) is 97.1 Å². The fourth-order valence-corrected chi connectivity index (χ4v) is 8.03. The molecule has 2 saturated carbocycles. The summed E-state index contributed by atoms with van der Waals surface area (Å²) in [6.45, 7) is 2.48. The fraction of sp³-hybridized carbons (Fsp3) is 0.257. The molecule has 5 aromatic rings. The average Bonchev–Trinajstić information content (AvgIpc) is 3.38. The maximum atomic E-state index is 6.67. The Labute approximate surface area is 223 Å². The lowest BCUT2D eigenvalue weighted by molar-refractivity contribution is 0.145. The molecule has 38 heavy (non-hydrogen) atoms. The number of fused-ring (bicyclic) bond motifs is 8. The molecule has 2 heterocycles. The molecule has 2 fully saturated rings. The predicted molar refractivity (Wildman–Crippen MR) is 152 cm³/mol. The highest BCUT2D eigenvalue weighted by Crippen LogP contribution is 2.64. The summed E-state index contributed by atoms with van der Waals surface area (Å²) in [5, 5.41) is 1.07. The van der Waals surface area contributed by atoms with Gasteiger partial charge in [-0.15, -0.1) is 0 Å². The molecule has 0 saturated heterocycles. The third-order valence-corrected chi connectivity index (χ3v) is 9.54. The van der Waals surface area contributed by atoms with Crippen molar-refractivity contribution in [2.45, 2.75) is 38.0 Å². The van der Waals surface area contributed by atoms with E-state index >= 15 is 0 Å². The minimum Gasteiger partial charge on any atom is -0.457 e. The van der Waals surface area contributed by atoms with Crippen LogP contribution in [0.25, 0.3) is 33.5 Å². The number of rotatable bonds is 2. The highest BCUT2D eigenvalue weighted by atomic mass is 16.5. The number of benzene rings is 4. The highest BCUT2D eigenvalue weighted by molar-refractivity contribution is 5.93. The van der Waals surface area contributed by atoms with Crippen LogP contribution in [-0.4, -0.2) is 9.97 Å². The van der Waals surface area contributed by atoms with Crippen molar-refractivity contribution in [3.05, 3.63) is 108 Å². The van der Waals surface area contributed by atoms with Crippen molar-refractivity contribution in [2.75, 3.05) is 0 Å². The second-order valence-electron chi connectivity index (χ2n) is 11.5. The maximum Gasteiger partial charge on any atom is 0.160 e. The lowest BCUT2D eigenvalue weighted by Gasteiger charge is -2.51. The second kappa shape index (κ2) is 8.26. The molecule has 186 valence electrons. The number of nitrogens with zero attached hydrogens (tertiary/aromatic N) is 2. The van der Waals surface area contributed by atoms with Gasteiger partial charge in [0, 0.05) is 33.1 Å². The monoisotopic (exact) mass is 494 g/mol. The van der Waals surface area contributed by atoms with E-state index in [1.807, 2.05) is 12.1 Å². The van der Waals surface area contributed by atoms with Gasteiger partial charge in [0.1, 0.15) is 11.5 Å². The van der Waals surface area contributed by atoms with Gasteiger partial charge in [0.25, 0.3) is 0 Å². The first-order valence-corrected chi connectivity index (χ1v) is 14.0. The minimum absolute atomic E-state index is 0.00907. The Morgan fingerprint density at radius 1 is 0.711 bits per heavy atom. The first-order valence-electron chi connectivity index (χ1n) is 14.0.